The predicted molar refractivity (Wildman–Crippen MR) is 73.6 cm³/mol. The van der Waals surface area contributed by atoms with Gasteiger partial charge in [-0.1, -0.05) is 0 Å². The second-order valence-corrected chi connectivity index (χ2v) is 6.14. The number of rotatable bonds is 5. The van der Waals surface area contributed by atoms with E-state index in [1.165, 1.54) is 29.7 Å². The molecule has 0 fully saturated rings. The van der Waals surface area contributed by atoms with Gasteiger partial charge in [-0.15, -0.1) is 0 Å². The van der Waals surface area contributed by atoms with Gasteiger partial charge in [-0.2, -0.15) is 4.72 Å². The molecular weight excluding hydrogens is 300 g/mol. The summed E-state index contributed by atoms with van der Waals surface area (Å²) in [4.78, 5) is 22.1. The van der Waals surface area contributed by atoms with E-state index in [0.717, 1.165) is 0 Å². The van der Waals surface area contributed by atoms with Crippen LogP contribution in [0.4, 0.5) is 0 Å². The number of benzene rings is 1. The minimum absolute atomic E-state index is 0.132. The van der Waals surface area contributed by atoms with Gasteiger partial charge in [0.15, 0.2) is 5.58 Å². The van der Waals surface area contributed by atoms with E-state index in [9.17, 15) is 18.0 Å². The molecule has 0 saturated carbocycles. The van der Waals surface area contributed by atoms with Gasteiger partial charge in [-0.25, -0.2) is 13.2 Å². The summed E-state index contributed by atoms with van der Waals surface area (Å²) in [5.41, 5.74) is 0.612. The van der Waals surface area contributed by atoms with Crippen LogP contribution in [0.2, 0.25) is 0 Å². The Morgan fingerprint density at radius 3 is 2.71 bits per heavy atom. The molecule has 0 radical (unpaired) electrons. The van der Waals surface area contributed by atoms with Crippen molar-refractivity contribution in [1.29, 1.82) is 0 Å². The highest BCUT2D eigenvalue weighted by atomic mass is 32.2. The van der Waals surface area contributed by atoms with Crippen LogP contribution in [0.1, 0.15) is 13.8 Å². The molecule has 0 saturated heterocycles. The highest BCUT2D eigenvalue weighted by molar-refractivity contribution is 7.89. The number of carboxylic acid groups (broad SMARTS) is 1. The SMILES string of the molecule is CCn1c(=O)oc2cc(S(=O)(=O)N[C@H](C)C(=O)O)ccc21. The monoisotopic (exact) mass is 314 g/mol. The molecule has 2 rings (SSSR count). The van der Waals surface area contributed by atoms with Gasteiger partial charge in [0.25, 0.3) is 0 Å². The minimum atomic E-state index is -4.01. The second kappa shape index (κ2) is 5.34. The van der Waals surface area contributed by atoms with Crippen LogP contribution < -0.4 is 10.5 Å². The van der Waals surface area contributed by atoms with Crippen molar-refractivity contribution in [1.82, 2.24) is 9.29 Å². The summed E-state index contributed by atoms with van der Waals surface area (Å²) >= 11 is 0. The van der Waals surface area contributed by atoms with E-state index < -0.39 is 27.8 Å². The highest BCUT2D eigenvalue weighted by Crippen LogP contribution is 2.18. The number of hydrogen-bond acceptors (Lipinski definition) is 5. The van der Waals surface area contributed by atoms with Crippen LogP contribution >= 0.6 is 0 Å². The molecular formula is C12H14N2O6S. The van der Waals surface area contributed by atoms with Gasteiger partial charge in [0.1, 0.15) is 6.04 Å². The van der Waals surface area contributed by atoms with Gasteiger partial charge in [0.05, 0.1) is 10.4 Å². The molecule has 0 bridgehead atoms. The summed E-state index contributed by atoms with van der Waals surface area (Å²) in [5.74, 6) is -1.86. The van der Waals surface area contributed by atoms with Gasteiger partial charge >= 0.3 is 11.7 Å². The molecule has 2 N–H and O–H groups in total. The number of carbonyl (C=O) groups is 1. The quantitative estimate of drug-likeness (QED) is 0.823. The minimum Gasteiger partial charge on any atom is -0.480 e. The van der Waals surface area contributed by atoms with Gasteiger partial charge in [0, 0.05) is 12.6 Å². The van der Waals surface area contributed by atoms with Crippen molar-refractivity contribution in [2.75, 3.05) is 0 Å². The molecule has 0 aliphatic rings. The third-order valence-corrected chi connectivity index (χ3v) is 4.51. The third-order valence-electron chi connectivity index (χ3n) is 2.97. The number of carboxylic acids is 1. The number of nitrogens with zero attached hydrogens (tertiary/aromatic N) is 1. The molecule has 8 nitrogen and oxygen atoms in total. The lowest BCUT2D eigenvalue weighted by molar-refractivity contribution is -0.138. The Bertz CT molecular complexity index is 848. The Balaban J connectivity index is 2.48. The number of hydrogen-bond donors (Lipinski definition) is 2. The van der Waals surface area contributed by atoms with Gasteiger partial charge in [0.2, 0.25) is 10.0 Å². The summed E-state index contributed by atoms with van der Waals surface area (Å²) in [6.45, 7) is 3.37. The first-order valence-corrected chi connectivity index (χ1v) is 7.63. The lowest BCUT2D eigenvalue weighted by Gasteiger charge is -2.10. The number of aryl methyl sites for hydroxylation is 1. The molecule has 1 aromatic carbocycles. The second-order valence-electron chi connectivity index (χ2n) is 4.42. The first-order valence-electron chi connectivity index (χ1n) is 6.14. The van der Waals surface area contributed by atoms with Crippen molar-refractivity contribution < 1.29 is 22.7 Å². The van der Waals surface area contributed by atoms with Crippen LogP contribution in [-0.4, -0.2) is 30.1 Å². The van der Waals surface area contributed by atoms with E-state index in [1.54, 1.807) is 6.92 Å². The molecule has 0 unspecified atom stereocenters. The zero-order valence-electron chi connectivity index (χ0n) is 11.4. The summed E-state index contributed by atoms with van der Waals surface area (Å²) < 4.78 is 32.5. The molecule has 0 aliphatic carbocycles. The highest BCUT2D eigenvalue weighted by Gasteiger charge is 2.22. The lowest BCUT2D eigenvalue weighted by atomic mass is 10.3. The molecule has 1 heterocycles. The fraction of sp³-hybridized carbons (Fsp3) is 0.333. The van der Waals surface area contributed by atoms with E-state index in [0.29, 0.717) is 12.1 Å². The molecule has 0 aliphatic heterocycles. The average Bonchev–Trinajstić information content (AvgIpc) is 2.72. The first-order chi connectivity index (χ1) is 9.76. The van der Waals surface area contributed by atoms with Crippen molar-refractivity contribution in [3.8, 4) is 0 Å². The van der Waals surface area contributed by atoms with E-state index in [1.807, 2.05) is 4.72 Å². The van der Waals surface area contributed by atoms with Gasteiger partial charge in [-0.3, -0.25) is 9.36 Å². The predicted octanol–water partition coefficient (Wildman–Crippen LogP) is 0.366. The van der Waals surface area contributed by atoms with Crippen LogP contribution in [0.3, 0.4) is 0 Å². The summed E-state index contributed by atoms with van der Waals surface area (Å²) in [5, 5.41) is 8.75. The Labute approximate surface area is 120 Å². The summed E-state index contributed by atoms with van der Waals surface area (Å²) in [6, 6.07) is 2.67. The van der Waals surface area contributed by atoms with Crippen molar-refractivity contribution in [3.05, 3.63) is 28.7 Å². The van der Waals surface area contributed by atoms with E-state index >= 15 is 0 Å². The zero-order chi connectivity index (χ0) is 15.8. The van der Waals surface area contributed by atoms with Crippen molar-refractivity contribution in [2.24, 2.45) is 0 Å². The Morgan fingerprint density at radius 2 is 2.14 bits per heavy atom. The maximum absolute atomic E-state index is 12.1. The molecule has 114 valence electrons. The maximum Gasteiger partial charge on any atom is 0.419 e. The Hall–Kier alpha value is -2.13. The zero-order valence-corrected chi connectivity index (χ0v) is 12.2. The molecule has 1 aromatic heterocycles. The smallest absolute Gasteiger partial charge is 0.419 e. The van der Waals surface area contributed by atoms with Gasteiger partial charge in [-0.05, 0) is 26.0 Å². The van der Waals surface area contributed by atoms with E-state index in [-0.39, 0.29) is 10.5 Å². The molecule has 0 spiro atoms. The molecule has 1 atom stereocenters. The van der Waals surface area contributed by atoms with E-state index in [2.05, 4.69) is 0 Å². The van der Waals surface area contributed by atoms with Crippen LogP contribution in [-0.2, 0) is 21.4 Å². The summed E-state index contributed by atoms with van der Waals surface area (Å²) in [6.07, 6.45) is 0. The number of sulfonamides is 1. The van der Waals surface area contributed by atoms with Crippen molar-refractivity contribution >= 4 is 27.1 Å². The fourth-order valence-corrected chi connectivity index (χ4v) is 3.08. The molecule has 9 heteroatoms. The van der Waals surface area contributed by atoms with Crippen LogP contribution in [0.25, 0.3) is 11.1 Å². The maximum atomic E-state index is 12.1. The number of fused-ring (bicyclic) bond motifs is 1. The molecule has 21 heavy (non-hydrogen) atoms. The lowest BCUT2D eigenvalue weighted by Crippen LogP contribution is -2.38. The van der Waals surface area contributed by atoms with Crippen LogP contribution in [0.15, 0.2) is 32.3 Å². The number of nitrogens with one attached hydrogen (secondary N) is 1. The van der Waals surface area contributed by atoms with Crippen LogP contribution in [0, 0.1) is 0 Å². The number of oxazole rings is 1. The normalized spacial score (nSPS) is 13.4. The van der Waals surface area contributed by atoms with E-state index in [4.69, 9.17) is 9.52 Å². The number of aromatic nitrogens is 1. The third kappa shape index (κ3) is 2.83. The summed E-state index contributed by atoms with van der Waals surface area (Å²) in [7, 11) is -4.01. The molecule has 2 aromatic rings. The Morgan fingerprint density at radius 1 is 1.48 bits per heavy atom. The molecule has 0 amide bonds. The van der Waals surface area contributed by atoms with Crippen LogP contribution in [0.5, 0.6) is 0 Å². The van der Waals surface area contributed by atoms with Crippen molar-refractivity contribution in [2.45, 2.75) is 31.3 Å². The Kier molecular flexibility index (Phi) is 3.88. The fourth-order valence-electron chi connectivity index (χ4n) is 1.86. The van der Waals surface area contributed by atoms with Gasteiger partial charge < -0.3 is 9.52 Å². The van der Waals surface area contributed by atoms with Crippen molar-refractivity contribution in [3.63, 3.8) is 0 Å². The standard InChI is InChI=1S/C12H14N2O6S/c1-3-14-9-5-4-8(6-10(9)20-12(14)17)21(18,19)13-7(2)11(15)16/h4-7,13H,3H2,1-2H3,(H,15,16)/t7-/m1/s1. The topological polar surface area (TPSA) is 119 Å². The largest absolute Gasteiger partial charge is 0.480 e. The number of aliphatic carboxylic acids is 1. The first kappa shape index (κ1) is 15.3. The average molecular weight is 314 g/mol.